The minimum Gasteiger partial charge on any atom is -0.480 e. The number of hydrogen-bond donors (Lipinski definition) is 2. The van der Waals surface area contributed by atoms with E-state index in [1.807, 2.05) is 0 Å². The van der Waals surface area contributed by atoms with Crippen LogP contribution in [-0.4, -0.2) is 23.4 Å². The number of hydrogen-bond acceptors (Lipinski definition) is 4. The monoisotopic (exact) mass is 337 g/mol. The topological polar surface area (TPSA) is 80.3 Å². The van der Waals surface area contributed by atoms with Gasteiger partial charge in [-0.1, -0.05) is 23.2 Å². The largest absolute Gasteiger partial charge is 0.480 e. The molecule has 1 aromatic carbocycles. The van der Waals surface area contributed by atoms with Gasteiger partial charge in [0.15, 0.2) is 18.2 Å². The van der Waals surface area contributed by atoms with Gasteiger partial charge in [0.05, 0.1) is 10.0 Å². The number of nitrogens with zero attached hydrogens (tertiary/aromatic N) is 1. The Morgan fingerprint density at radius 2 is 2.05 bits per heavy atom. The van der Waals surface area contributed by atoms with Crippen LogP contribution in [0.5, 0.6) is 5.75 Å². The highest BCUT2D eigenvalue weighted by Gasteiger charge is 2.18. The Morgan fingerprint density at radius 1 is 1.23 bits per heavy atom. The lowest BCUT2D eigenvalue weighted by atomic mass is 10.2. The quantitative estimate of drug-likeness (QED) is 0.882. The Kier molecular flexibility index (Phi) is 3.87. The second-order valence-electron chi connectivity index (χ2n) is 4.46. The van der Waals surface area contributed by atoms with Crippen molar-refractivity contribution in [2.24, 2.45) is 0 Å². The third kappa shape index (κ3) is 2.98. The molecule has 2 aromatic rings. The molecule has 0 saturated heterocycles. The molecule has 0 fully saturated rings. The van der Waals surface area contributed by atoms with E-state index in [0.717, 1.165) is 0 Å². The number of pyridine rings is 1. The van der Waals surface area contributed by atoms with Crippen molar-refractivity contribution in [2.75, 3.05) is 17.2 Å². The summed E-state index contributed by atoms with van der Waals surface area (Å²) in [5.74, 6) is 0.304. The number of ether oxygens (including phenoxy) is 1. The Hall–Kier alpha value is -2.31. The summed E-state index contributed by atoms with van der Waals surface area (Å²) in [6.07, 6.45) is 0. The lowest BCUT2D eigenvalue weighted by Gasteiger charge is -2.17. The van der Waals surface area contributed by atoms with Crippen LogP contribution in [0.1, 0.15) is 10.4 Å². The van der Waals surface area contributed by atoms with Gasteiger partial charge in [-0.2, -0.15) is 0 Å². The zero-order valence-electron chi connectivity index (χ0n) is 11.0. The van der Waals surface area contributed by atoms with E-state index in [4.69, 9.17) is 27.9 Å². The van der Waals surface area contributed by atoms with Crippen LogP contribution >= 0.6 is 23.2 Å². The molecule has 8 heteroatoms. The van der Waals surface area contributed by atoms with Crippen LogP contribution in [0.4, 0.5) is 11.6 Å². The van der Waals surface area contributed by atoms with Gasteiger partial charge in [-0.25, -0.2) is 4.98 Å². The number of anilines is 2. The molecule has 6 nitrogen and oxygen atoms in total. The number of aromatic nitrogens is 1. The van der Waals surface area contributed by atoms with Crippen LogP contribution in [-0.2, 0) is 4.79 Å². The molecule has 3 rings (SSSR count). The maximum atomic E-state index is 12.1. The second-order valence-corrected chi connectivity index (χ2v) is 5.28. The smallest absolute Gasteiger partial charge is 0.263 e. The molecule has 0 spiro atoms. The number of rotatable bonds is 2. The molecule has 1 aliphatic heterocycles. The van der Waals surface area contributed by atoms with Crippen molar-refractivity contribution in [2.45, 2.75) is 0 Å². The average Bonchev–Trinajstić information content (AvgIpc) is 2.49. The highest BCUT2D eigenvalue weighted by atomic mass is 35.5. The lowest BCUT2D eigenvalue weighted by Crippen LogP contribution is -2.26. The first-order valence-corrected chi connectivity index (χ1v) is 6.98. The standard InChI is InChI=1S/C14H9Cl2N3O3/c15-8-2-1-7(5-9(8)16)14(21)18-11-4-3-10-13(17-11)19-12(20)6-22-10/h1-5H,6H2,(H2,17,18,19,20,21). The van der Waals surface area contributed by atoms with Crippen molar-refractivity contribution in [3.63, 3.8) is 0 Å². The van der Waals surface area contributed by atoms with Gasteiger partial charge in [-0.3, -0.25) is 9.59 Å². The van der Waals surface area contributed by atoms with E-state index in [0.29, 0.717) is 16.3 Å². The molecule has 2 amide bonds. The van der Waals surface area contributed by atoms with Crippen LogP contribution in [0.2, 0.25) is 10.0 Å². The molecule has 2 heterocycles. The molecule has 2 N–H and O–H groups in total. The van der Waals surface area contributed by atoms with Gasteiger partial charge in [0, 0.05) is 5.56 Å². The summed E-state index contributed by atoms with van der Waals surface area (Å²) < 4.78 is 5.19. The maximum Gasteiger partial charge on any atom is 0.263 e. The fourth-order valence-corrected chi connectivity index (χ4v) is 2.16. The SMILES string of the molecule is O=C1COc2ccc(NC(=O)c3ccc(Cl)c(Cl)c3)nc2N1. The van der Waals surface area contributed by atoms with E-state index in [9.17, 15) is 9.59 Å². The van der Waals surface area contributed by atoms with E-state index >= 15 is 0 Å². The summed E-state index contributed by atoms with van der Waals surface area (Å²) in [6.45, 7) is -0.0519. The van der Waals surface area contributed by atoms with Gasteiger partial charge >= 0.3 is 0 Å². The first-order chi connectivity index (χ1) is 10.5. The molecule has 1 aromatic heterocycles. The van der Waals surface area contributed by atoms with Crippen LogP contribution < -0.4 is 15.4 Å². The van der Waals surface area contributed by atoms with Crippen LogP contribution in [0.15, 0.2) is 30.3 Å². The number of fused-ring (bicyclic) bond motifs is 1. The van der Waals surface area contributed by atoms with Crippen molar-refractivity contribution in [1.82, 2.24) is 4.98 Å². The van der Waals surface area contributed by atoms with Gasteiger partial charge in [-0.05, 0) is 30.3 Å². The predicted octanol–water partition coefficient (Wildman–Crippen LogP) is 2.97. The minimum absolute atomic E-state index is 0.0519. The molecule has 112 valence electrons. The van der Waals surface area contributed by atoms with Crippen LogP contribution in [0.25, 0.3) is 0 Å². The zero-order chi connectivity index (χ0) is 15.7. The molecular formula is C14H9Cl2N3O3. The number of benzene rings is 1. The van der Waals surface area contributed by atoms with Crippen molar-refractivity contribution in [3.8, 4) is 5.75 Å². The van der Waals surface area contributed by atoms with Gasteiger partial charge in [0.2, 0.25) is 0 Å². The molecule has 22 heavy (non-hydrogen) atoms. The number of nitrogens with one attached hydrogen (secondary N) is 2. The van der Waals surface area contributed by atoms with Crippen molar-refractivity contribution in [1.29, 1.82) is 0 Å². The molecule has 0 saturated carbocycles. The summed E-state index contributed by atoms with van der Waals surface area (Å²) in [7, 11) is 0. The van der Waals surface area contributed by atoms with Crippen molar-refractivity contribution in [3.05, 3.63) is 45.9 Å². The lowest BCUT2D eigenvalue weighted by molar-refractivity contribution is -0.118. The summed E-state index contributed by atoms with van der Waals surface area (Å²) in [6, 6.07) is 7.74. The maximum absolute atomic E-state index is 12.1. The summed E-state index contributed by atoms with van der Waals surface area (Å²) in [4.78, 5) is 27.5. The van der Waals surface area contributed by atoms with E-state index in [1.54, 1.807) is 18.2 Å². The molecule has 1 aliphatic rings. The van der Waals surface area contributed by atoms with Gasteiger partial charge < -0.3 is 15.4 Å². The third-order valence-corrected chi connectivity index (χ3v) is 3.64. The molecular weight excluding hydrogens is 329 g/mol. The Balaban J connectivity index is 1.80. The molecule has 0 radical (unpaired) electrons. The molecule has 0 atom stereocenters. The van der Waals surface area contributed by atoms with E-state index in [2.05, 4.69) is 15.6 Å². The van der Waals surface area contributed by atoms with E-state index in [1.165, 1.54) is 12.1 Å². The Bertz CT molecular complexity index is 780. The zero-order valence-corrected chi connectivity index (χ0v) is 12.5. The Labute approximate surface area is 135 Å². The fraction of sp³-hybridized carbons (Fsp3) is 0.0714. The number of halogens is 2. The van der Waals surface area contributed by atoms with Gasteiger partial charge in [-0.15, -0.1) is 0 Å². The highest BCUT2D eigenvalue weighted by Crippen LogP contribution is 2.27. The third-order valence-electron chi connectivity index (χ3n) is 2.90. The first kappa shape index (κ1) is 14.6. The number of carbonyl (C=O) groups is 2. The summed E-state index contributed by atoms with van der Waals surface area (Å²) >= 11 is 11.7. The fourth-order valence-electron chi connectivity index (χ4n) is 1.86. The summed E-state index contributed by atoms with van der Waals surface area (Å²) in [5.41, 5.74) is 0.342. The van der Waals surface area contributed by atoms with Crippen molar-refractivity contribution < 1.29 is 14.3 Å². The van der Waals surface area contributed by atoms with Crippen LogP contribution in [0.3, 0.4) is 0 Å². The molecule has 0 unspecified atom stereocenters. The molecule has 0 aliphatic carbocycles. The first-order valence-electron chi connectivity index (χ1n) is 6.23. The number of carbonyl (C=O) groups excluding carboxylic acids is 2. The highest BCUT2D eigenvalue weighted by molar-refractivity contribution is 6.42. The second kappa shape index (κ2) is 5.82. The molecule has 0 bridgehead atoms. The summed E-state index contributed by atoms with van der Waals surface area (Å²) in [5, 5.41) is 5.83. The van der Waals surface area contributed by atoms with Gasteiger partial charge in [0.25, 0.3) is 11.8 Å². The Morgan fingerprint density at radius 3 is 2.82 bits per heavy atom. The van der Waals surface area contributed by atoms with E-state index in [-0.39, 0.29) is 29.2 Å². The van der Waals surface area contributed by atoms with Gasteiger partial charge in [0.1, 0.15) is 5.82 Å². The minimum atomic E-state index is -0.394. The van der Waals surface area contributed by atoms with Crippen LogP contribution in [0, 0.1) is 0 Å². The van der Waals surface area contributed by atoms with E-state index < -0.39 is 5.91 Å². The van der Waals surface area contributed by atoms with Crippen molar-refractivity contribution >= 4 is 46.7 Å². The number of amides is 2. The average molecular weight is 338 g/mol. The normalized spacial score (nSPS) is 12.9. The predicted molar refractivity (Wildman–Crippen MR) is 82.8 cm³/mol.